The van der Waals surface area contributed by atoms with Crippen LogP contribution in [0.3, 0.4) is 0 Å². The highest BCUT2D eigenvalue weighted by Crippen LogP contribution is 2.18. The largest absolute Gasteiger partial charge is 0.313 e. The Morgan fingerprint density at radius 3 is 2.56 bits per heavy atom. The third-order valence-corrected chi connectivity index (χ3v) is 3.93. The first-order chi connectivity index (χ1) is 7.45. The molecule has 1 N–H and O–H groups in total. The number of nitrogens with zero attached hydrogens (tertiary/aromatic N) is 2. The van der Waals surface area contributed by atoms with E-state index in [0.717, 1.165) is 6.54 Å². The van der Waals surface area contributed by atoms with E-state index in [9.17, 15) is 0 Å². The summed E-state index contributed by atoms with van der Waals surface area (Å²) in [6.07, 6.45) is 1.22. The van der Waals surface area contributed by atoms with E-state index in [4.69, 9.17) is 0 Å². The van der Waals surface area contributed by atoms with E-state index in [-0.39, 0.29) is 0 Å². The molecule has 0 bridgehead atoms. The Balaban J connectivity index is 2.24. The molecule has 1 atom stereocenters. The second-order valence-electron chi connectivity index (χ2n) is 5.77. The smallest absolute Gasteiger partial charge is 0.0277 e. The van der Waals surface area contributed by atoms with Gasteiger partial charge in [-0.3, -0.25) is 9.80 Å². The lowest BCUT2D eigenvalue weighted by atomic mass is 10.00. The second-order valence-corrected chi connectivity index (χ2v) is 5.77. The number of piperazine rings is 1. The highest BCUT2D eigenvalue weighted by atomic mass is 15.3. The Labute approximate surface area is 101 Å². The molecule has 0 amide bonds. The van der Waals surface area contributed by atoms with Crippen LogP contribution in [0.2, 0.25) is 0 Å². The average molecular weight is 227 g/mol. The number of hydrogen-bond acceptors (Lipinski definition) is 3. The summed E-state index contributed by atoms with van der Waals surface area (Å²) in [6.45, 7) is 15.0. The van der Waals surface area contributed by atoms with Gasteiger partial charge in [0, 0.05) is 44.3 Å². The molecule has 1 aliphatic rings. The van der Waals surface area contributed by atoms with Gasteiger partial charge >= 0.3 is 0 Å². The SMILES string of the molecule is CCC(C)NCCN1CCN(C)C(C)(C)C1. The van der Waals surface area contributed by atoms with E-state index in [0.29, 0.717) is 11.6 Å². The first kappa shape index (κ1) is 13.9. The Bertz CT molecular complexity index is 203. The molecule has 0 aliphatic carbocycles. The van der Waals surface area contributed by atoms with Gasteiger partial charge in [0.15, 0.2) is 0 Å². The van der Waals surface area contributed by atoms with E-state index >= 15 is 0 Å². The molecule has 0 saturated carbocycles. The summed E-state index contributed by atoms with van der Waals surface area (Å²) < 4.78 is 0. The van der Waals surface area contributed by atoms with Crippen LogP contribution in [0, 0.1) is 0 Å². The summed E-state index contributed by atoms with van der Waals surface area (Å²) in [6, 6.07) is 0.653. The van der Waals surface area contributed by atoms with Crippen molar-refractivity contribution in [1.29, 1.82) is 0 Å². The van der Waals surface area contributed by atoms with E-state index in [1.807, 2.05) is 0 Å². The molecule has 0 aromatic rings. The molecule has 0 aromatic carbocycles. The van der Waals surface area contributed by atoms with Crippen molar-refractivity contribution >= 4 is 0 Å². The Morgan fingerprint density at radius 2 is 2.00 bits per heavy atom. The molecular weight excluding hydrogens is 198 g/mol. The maximum atomic E-state index is 3.56. The summed E-state index contributed by atoms with van der Waals surface area (Å²) in [4.78, 5) is 5.04. The van der Waals surface area contributed by atoms with E-state index in [2.05, 4.69) is 49.9 Å². The Morgan fingerprint density at radius 1 is 1.31 bits per heavy atom. The molecule has 3 heteroatoms. The topological polar surface area (TPSA) is 18.5 Å². The van der Waals surface area contributed by atoms with Crippen LogP contribution in [0.4, 0.5) is 0 Å². The lowest BCUT2D eigenvalue weighted by Crippen LogP contribution is -2.58. The maximum absolute atomic E-state index is 3.56. The van der Waals surface area contributed by atoms with Gasteiger partial charge in [0.25, 0.3) is 0 Å². The minimum atomic E-state index is 0.328. The van der Waals surface area contributed by atoms with Crippen molar-refractivity contribution in [3.63, 3.8) is 0 Å². The van der Waals surface area contributed by atoms with Crippen LogP contribution in [0.5, 0.6) is 0 Å². The van der Waals surface area contributed by atoms with Gasteiger partial charge in [0.1, 0.15) is 0 Å². The van der Waals surface area contributed by atoms with Gasteiger partial charge in [-0.15, -0.1) is 0 Å². The molecule has 1 heterocycles. The summed E-state index contributed by atoms with van der Waals surface area (Å²) >= 11 is 0. The molecule has 1 unspecified atom stereocenters. The number of hydrogen-bond donors (Lipinski definition) is 1. The predicted molar refractivity (Wildman–Crippen MR) is 70.9 cm³/mol. The lowest BCUT2D eigenvalue weighted by Gasteiger charge is -2.45. The van der Waals surface area contributed by atoms with Gasteiger partial charge in [-0.1, -0.05) is 6.92 Å². The fourth-order valence-electron chi connectivity index (χ4n) is 2.15. The first-order valence-corrected chi connectivity index (χ1v) is 6.62. The zero-order valence-corrected chi connectivity index (χ0v) is 11.7. The zero-order chi connectivity index (χ0) is 12.2. The van der Waals surface area contributed by atoms with Crippen LogP contribution in [-0.2, 0) is 0 Å². The van der Waals surface area contributed by atoms with Crippen LogP contribution in [0.1, 0.15) is 34.1 Å². The monoisotopic (exact) mass is 227 g/mol. The minimum Gasteiger partial charge on any atom is -0.313 e. The van der Waals surface area contributed by atoms with Crippen molar-refractivity contribution in [3.05, 3.63) is 0 Å². The standard InChI is InChI=1S/C13H29N3/c1-6-12(2)14-7-8-16-10-9-15(5)13(3,4)11-16/h12,14H,6-11H2,1-5H3. The van der Waals surface area contributed by atoms with E-state index in [1.54, 1.807) is 0 Å². The zero-order valence-electron chi connectivity index (χ0n) is 11.7. The van der Waals surface area contributed by atoms with Crippen molar-refractivity contribution in [2.45, 2.75) is 45.7 Å². The van der Waals surface area contributed by atoms with Crippen molar-refractivity contribution in [1.82, 2.24) is 15.1 Å². The summed E-state index contributed by atoms with van der Waals surface area (Å²) in [5.41, 5.74) is 0.328. The van der Waals surface area contributed by atoms with Crippen LogP contribution in [-0.4, -0.2) is 61.2 Å². The van der Waals surface area contributed by atoms with Crippen molar-refractivity contribution in [3.8, 4) is 0 Å². The van der Waals surface area contributed by atoms with Crippen molar-refractivity contribution in [2.24, 2.45) is 0 Å². The van der Waals surface area contributed by atoms with Gasteiger partial charge in [0.05, 0.1) is 0 Å². The number of likely N-dealkylation sites (N-methyl/N-ethyl adjacent to an activating group) is 1. The molecule has 1 rings (SSSR count). The van der Waals surface area contributed by atoms with Crippen LogP contribution in [0.15, 0.2) is 0 Å². The Hall–Kier alpha value is -0.120. The van der Waals surface area contributed by atoms with Gasteiger partial charge < -0.3 is 5.32 Å². The highest BCUT2D eigenvalue weighted by molar-refractivity contribution is 4.88. The predicted octanol–water partition coefficient (Wildman–Crippen LogP) is 1.40. The van der Waals surface area contributed by atoms with Gasteiger partial charge in [0.2, 0.25) is 0 Å². The van der Waals surface area contributed by atoms with Gasteiger partial charge in [-0.2, -0.15) is 0 Å². The van der Waals surface area contributed by atoms with Crippen LogP contribution >= 0.6 is 0 Å². The third-order valence-electron chi connectivity index (χ3n) is 3.93. The average Bonchev–Trinajstić information content (AvgIpc) is 2.22. The molecule has 1 saturated heterocycles. The Kier molecular flexibility index (Phi) is 5.22. The third kappa shape index (κ3) is 4.04. The van der Waals surface area contributed by atoms with Gasteiger partial charge in [-0.25, -0.2) is 0 Å². The van der Waals surface area contributed by atoms with Crippen molar-refractivity contribution < 1.29 is 0 Å². The fourth-order valence-corrected chi connectivity index (χ4v) is 2.15. The summed E-state index contributed by atoms with van der Waals surface area (Å²) in [5.74, 6) is 0. The molecule has 3 nitrogen and oxygen atoms in total. The molecule has 16 heavy (non-hydrogen) atoms. The maximum Gasteiger partial charge on any atom is 0.0277 e. The van der Waals surface area contributed by atoms with E-state index in [1.165, 1.54) is 32.6 Å². The second kappa shape index (κ2) is 5.99. The molecule has 96 valence electrons. The molecule has 0 aromatic heterocycles. The van der Waals surface area contributed by atoms with Gasteiger partial charge in [-0.05, 0) is 34.2 Å². The highest BCUT2D eigenvalue weighted by Gasteiger charge is 2.30. The van der Waals surface area contributed by atoms with E-state index < -0.39 is 0 Å². The molecule has 0 spiro atoms. The first-order valence-electron chi connectivity index (χ1n) is 6.62. The molecule has 0 radical (unpaired) electrons. The lowest BCUT2D eigenvalue weighted by molar-refractivity contribution is 0.0404. The van der Waals surface area contributed by atoms with Crippen molar-refractivity contribution in [2.75, 3.05) is 39.8 Å². The summed E-state index contributed by atoms with van der Waals surface area (Å²) in [7, 11) is 2.23. The van der Waals surface area contributed by atoms with Crippen LogP contribution in [0.25, 0.3) is 0 Å². The van der Waals surface area contributed by atoms with Crippen LogP contribution < -0.4 is 5.32 Å². The molecule has 1 fully saturated rings. The number of rotatable bonds is 5. The number of nitrogens with one attached hydrogen (secondary N) is 1. The molecule has 1 aliphatic heterocycles. The normalized spacial score (nSPS) is 24.6. The fraction of sp³-hybridized carbons (Fsp3) is 1.00. The molecular formula is C13H29N3. The quantitative estimate of drug-likeness (QED) is 0.766. The minimum absolute atomic E-state index is 0.328. The summed E-state index contributed by atoms with van der Waals surface area (Å²) in [5, 5.41) is 3.56.